The van der Waals surface area contributed by atoms with Crippen LogP contribution in [0.2, 0.25) is 0 Å². The van der Waals surface area contributed by atoms with Crippen LogP contribution in [0.1, 0.15) is 37.3 Å². The molecule has 1 fully saturated rings. The minimum Gasteiger partial charge on any atom is -0.341 e. The highest BCUT2D eigenvalue weighted by Gasteiger charge is 2.33. The van der Waals surface area contributed by atoms with Gasteiger partial charge in [0.05, 0.1) is 11.5 Å². The van der Waals surface area contributed by atoms with Gasteiger partial charge in [-0.25, -0.2) is 8.42 Å². The molecule has 7 heteroatoms. The maximum Gasteiger partial charge on any atom is 0.174 e. The van der Waals surface area contributed by atoms with Gasteiger partial charge < -0.3 is 10.2 Å². The molecule has 0 radical (unpaired) electrons. The van der Waals surface area contributed by atoms with Gasteiger partial charge in [0.2, 0.25) is 0 Å². The van der Waals surface area contributed by atoms with E-state index in [0.717, 1.165) is 17.7 Å². The fourth-order valence-corrected chi connectivity index (χ4v) is 5.47. The van der Waals surface area contributed by atoms with Crippen LogP contribution in [0.15, 0.2) is 48.8 Å². The smallest absolute Gasteiger partial charge is 0.174 e. The molecule has 0 saturated carbocycles. The summed E-state index contributed by atoms with van der Waals surface area (Å²) < 4.78 is 24.0. The van der Waals surface area contributed by atoms with Crippen molar-refractivity contribution in [2.75, 3.05) is 16.8 Å². The van der Waals surface area contributed by atoms with Crippen LogP contribution in [-0.4, -0.2) is 41.0 Å². The molecule has 0 unspecified atom stereocenters. The van der Waals surface area contributed by atoms with E-state index in [1.165, 1.54) is 18.4 Å². The van der Waals surface area contributed by atoms with Crippen LogP contribution in [0.25, 0.3) is 0 Å². The molecule has 2 heterocycles. The lowest BCUT2D eigenvalue weighted by Gasteiger charge is -2.31. The number of hydrogen-bond donors (Lipinski definition) is 1. The average molecular weight is 418 g/mol. The zero-order valence-corrected chi connectivity index (χ0v) is 17.8. The van der Waals surface area contributed by atoms with E-state index >= 15 is 0 Å². The van der Waals surface area contributed by atoms with Crippen LogP contribution < -0.4 is 5.32 Å². The van der Waals surface area contributed by atoms with Gasteiger partial charge in [-0.15, -0.1) is 0 Å². The molecular weight excluding hydrogens is 390 g/mol. The predicted octanol–water partition coefficient (Wildman–Crippen LogP) is 3.81. The molecule has 3 rings (SSSR count). The summed E-state index contributed by atoms with van der Waals surface area (Å²) in [7, 11) is -3.00. The summed E-state index contributed by atoms with van der Waals surface area (Å²) in [5.41, 5.74) is 3.24. The molecule has 1 aliphatic rings. The number of nitrogens with one attached hydrogen (secondary N) is 1. The number of aryl methyl sites for hydroxylation is 1. The zero-order valence-electron chi connectivity index (χ0n) is 16.2. The van der Waals surface area contributed by atoms with E-state index in [9.17, 15) is 8.42 Å². The van der Waals surface area contributed by atoms with Gasteiger partial charge in [0.15, 0.2) is 14.9 Å². The molecule has 2 aromatic rings. The van der Waals surface area contributed by atoms with Crippen LogP contribution in [0.5, 0.6) is 0 Å². The number of anilines is 1. The molecule has 0 amide bonds. The van der Waals surface area contributed by atoms with Gasteiger partial charge in [0.25, 0.3) is 0 Å². The Balaban J connectivity index is 1.72. The molecule has 1 aromatic carbocycles. The van der Waals surface area contributed by atoms with Gasteiger partial charge in [0.1, 0.15) is 0 Å². The molecule has 28 heavy (non-hydrogen) atoms. The third-order valence-corrected chi connectivity index (χ3v) is 7.10. The number of pyridine rings is 1. The van der Waals surface area contributed by atoms with Gasteiger partial charge in [0, 0.05) is 30.7 Å². The van der Waals surface area contributed by atoms with Crippen LogP contribution in [0.4, 0.5) is 5.69 Å². The largest absolute Gasteiger partial charge is 0.341 e. The molecule has 1 saturated heterocycles. The molecule has 1 N–H and O–H groups in total. The summed E-state index contributed by atoms with van der Waals surface area (Å²) in [5.74, 6) is 0.362. The second-order valence-corrected chi connectivity index (χ2v) is 9.89. The molecule has 5 nitrogen and oxygen atoms in total. The summed E-state index contributed by atoms with van der Waals surface area (Å²) >= 11 is 5.67. The number of sulfone groups is 1. The molecule has 1 aliphatic heterocycles. The van der Waals surface area contributed by atoms with E-state index < -0.39 is 9.84 Å². The van der Waals surface area contributed by atoms with E-state index in [2.05, 4.69) is 29.4 Å². The summed E-state index contributed by atoms with van der Waals surface area (Å²) in [4.78, 5) is 6.15. The van der Waals surface area contributed by atoms with E-state index in [4.69, 9.17) is 12.2 Å². The molecule has 150 valence electrons. The fraction of sp³-hybridized carbons (Fsp3) is 0.429. The number of aromatic nitrogens is 1. The lowest BCUT2D eigenvalue weighted by molar-refractivity contribution is 0.332. The number of unbranched alkanes of at least 4 members (excludes halogenated alkanes) is 1. The zero-order chi connectivity index (χ0) is 20.0. The number of thiocarbonyl (C=S) groups is 1. The average Bonchev–Trinajstić information content (AvgIpc) is 3.05. The molecule has 1 aromatic heterocycles. The van der Waals surface area contributed by atoms with E-state index in [1.807, 2.05) is 29.2 Å². The number of benzene rings is 1. The van der Waals surface area contributed by atoms with Gasteiger partial charge in [-0.05, 0) is 60.8 Å². The normalized spacial score (nSPS) is 18.0. The Labute approximate surface area is 173 Å². The topological polar surface area (TPSA) is 62.3 Å². The van der Waals surface area contributed by atoms with Crippen LogP contribution >= 0.6 is 12.2 Å². The first-order chi connectivity index (χ1) is 13.5. The van der Waals surface area contributed by atoms with Crippen molar-refractivity contribution in [1.29, 1.82) is 0 Å². The molecular formula is C21H27N3O2S2. The standard InChI is InChI=1S/C21H27N3O2S2/c1-2-3-5-17-7-9-19(10-8-17)23-21(27)24(15-18-6-4-12-22-14-18)20-11-13-28(25,26)16-20/h4,6-10,12,14,20H,2-3,5,11,13,15-16H2,1H3,(H,23,27)/t20-/m0/s1. The summed E-state index contributed by atoms with van der Waals surface area (Å²) in [6, 6.07) is 12.0. The van der Waals surface area contributed by atoms with Gasteiger partial charge in [-0.3, -0.25) is 4.98 Å². The Bertz CT molecular complexity index is 884. The molecule has 0 spiro atoms. The Kier molecular flexibility index (Phi) is 7.02. The lowest BCUT2D eigenvalue weighted by Crippen LogP contribution is -2.43. The SMILES string of the molecule is CCCCc1ccc(NC(=S)N(Cc2cccnc2)[C@H]2CCS(=O)(=O)C2)cc1. The maximum absolute atomic E-state index is 12.0. The summed E-state index contributed by atoms with van der Waals surface area (Å²) in [5, 5.41) is 3.84. The minimum atomic E-state index is -3.00. The van der Waals surface area contributed by atoms with Crippen molar-refractivity contribution in [3.8, 4) is 0 Å². The van der Waals surface area contributed by atoms with E-state index in [1.54, 1.807) is 12.4 Å². The van der Waals surface area contributed by atoms with Gasteiger partial charge in [-0.2, -0.15) is 0 Å². The van der Waals surface area contributed by atoms with Crippen molar-refractivity contribution < 1.29 is 8.42 Å². The van der Waals surface area contributed by atoms with Gasteiger partial charge >= 0.3 is 0 Å². The van der Waals surface area contributed by atoms with Crippen molar-refractivity contribution in [3.63, 3.8) is 0 Å². The number of hydrogen-bond acceptors (Lipinski definition) is 4. The Hall–Kier alpha value is -1.99. The monoisotopic (exact) mass is 417 g/mol. The third kappa shape index (κ3) is 5.75. The third-order valence-electron chi connectivity index (χ3n) is 5.01. The quantitative estimate of drug-likeness (QED) is 0.691. The first-order valence-corrected chi connectivity index (χ1v) is 12.0. The maximum atomic E-state index is 12.0. The highest BCUT2D eigenvalue weighted by molar-refractivity contribution is 7.91. The lowest BCUT2D eigenvalue weighted by atomic mass is 10.1. The first kappa shape index (κ1) is 20.7. The molecule has 0 bridgehead atoms. The number of nitrogens with zero attached hydrogens (tertiary/aromatic N) is 2. The minimum absolute atomic E-state index is 0.117. The van der Waals surface area contributed by atoms with Crippen LogP contribution in [0.3, 0.4) is 0 Å². The van der Waals surface area contributed by atoms with Crippen molar-refractivity contribution in [3.05, 3.63) is 59.9 Å². The Morgan fingerprint density at radius 2 is 2.04 bits per heavy atom. The fourth-order valence-electron chi connectivity index (χ4n) is 3.41. The predicted molar refractivity (Wildman–Crippen MR) is 118 cm³/mol. The van der Waals surface area contributed by atoms with Gasteiger partial charge in [-0.1, -0.05) is 31.5 Å². The van der Waals surface area contributed by atoms with Crippen LogP contribution in [0, 0.1) is 0 Å². The molecule has 0 aliphatic carbocycles. The Morgan fingerprint density at radius 3 is 2.64 bits per heavy atom. The summed E-state index contributed by atoms with van der Waals surface area (Å²) in [6.07, 6.45) is 7.55. The second kappa shape index (κ2) is 9.47. The highest BCUT2D eigenvalue weighted by atomic mass is 32.2. The highest BCUT2D eigenvalue weighted by Crippen LogP contribution is 2.22. The van der Waals surface area contributed by atoms with E-state index in [-0.39, 0.29) is 17.5 Å². The van der Waals surface area contributed by atoms with Crippen LogP contribution in [-0.2, 0) is 22.8 Å². The van der Waals surface area contributed by atoms with Crippen molar-refractivity contribution >= 4 is 32.9 Å². The first-order valence-electron chi connectivity index (χ1n) is 9.73. The second-order valence-electron chi connectivity index (χ2n) is 7.28. The van der Waals surface area contributed by atoms with Crippen molar-refractivity contribution in [2.24, 2.45) is 0 Å². The summed E-state index contributed by atoms with van der Waals surface area (Å²) in [6.45, 7) is 2.73. The van der Waals surface area contributed by atoms with E-state index in [0.29, 0.717) is 18.1 Å². The molecule has 1 atom stereocenters. The van der Waals surface area contributed by atoms with Crippen molar-refractivity contribution in [2.45, 2.75) is 45.2 Å². The number of rotatable bonds is 7. The Morgan fingerprint density at radius 1 is 1.25 bits per heavy atom. The van der Waals surface area contributed by atoms with Crippen molar-refractivity contribution in [1.82, 2.24) is 9.88 Å².